The quantitative estimate of drug-likeness (QED) is 0.604. The lowest BCUT2D eigenvalue weighted by molar-refractivity contribution is 0.0695. The summed E-state index contributed by atoms with van der Waals surface area (Å²) in [6.45, 7) is 0.648. The molecule has 0 unspecified atom stereocenters. The molecule has 1 amide bonds. The predicted molar refractivity (Wildman–Crippen MR) is 82.2 cm³/mol. The van der Waals surface area contributed by atoms with Crippen molar-refractivity contribution in [2.45, 2.75) is 36.6 Å². The van der Waals surface area contributed by atoms with Crippen LogP contribution in [0.3, 0.4) is 0 Å². The highest BCUT2D eigenvalue weighted by molar-refractivity contribution is 7.98. The highest BCUT2D eigenvalue weighted by atomic mass is 35.5. The van der Waals surface area contributed by atoms with Gasteiger partial charge < -0.3 is 4.90 Å². The van der Waals surface area contributed by atoms with E-state index in [1.54, 1.807) is 11.8 Å². The van der Waals surface area contributed by atoms with Crippen LogP contribution in [0.5, 0.6) is 0 Å². The van der Waals surface area contributed by atoms with E-state index in [1.807, 2.05) is 35.4 Å². The molecule has 1 aromatic carbocycles. The molecular weight excluding hydrogens is 278 g/mol. The molecular formula is C15H20ClNOS. The van der Waals surface area contributed by atoms with E-state index >= 15 is 0 Å². The third-order valence-electron chi connectivity index (χ3n) is 3.69. The zero-order chi connectivity index (χ0) is 13.7. The van der Waals surface area contributed by atoms with E-state index in [4.69, 9.17) is 11.6 Å². The van der Waals surface area contributed by atoms with Crippen molar-refractivity contribution in [3.05, 3.63) is 29.8 Å². The molecule has 1 aliphatic carbocycles. The lowest BCUT2D eigenvalue weighted by atomic mass is 10.1. The van der Waals surface area contributed by atoms with Crippen molar-refractivity contribution >= 4 is 29.3 Å². The van der Waals surface area contributed by atoms with E-state index in [2.05, 4.69) is 0 Å². The van der Waals surface area contributed by atoms with Crippen molar-refractivity contribution in [2.24, 2.45) is 0 Å². The maximum Gasteiger partial charge on any atom is 0.254 e. The van der Waals surface area contributed by atoms with Gasteiger partial charge in [-0.2, -0.15) is 0 Å². The van der Waals surface area contributed by atoms with Crippen LogP contribution in [0.25, 0.3) is 0 Å². The number of amides is 1. The molecule has 0 bridgehead atoms. The van der Waals surface area contributed by atoms with Crippen molar-refractivity contribution in [1.29, 1.82) is 0 Å². The van der Waals surface area contributed by atoms with Gasteiger partial charge in [0.15, 0.2) is 0 Å². The molecule has 0 aromatic heterocycles. The molecule has 0 aliphatic heterocycles. The molecule has 0 atom stereocenters. The number of hydrogen-bond donors (Lipinski definition) is 0. The zero-order valence-corrected chi connectivity index (χ0v) is 12.8. The molecule has 104 valence electrons. The topological polar surface area (TPSA) is 20.3 Å². The van der Waals surface area contributed by atoms with Crippen molar-refractivity contribution in [2.75, 3.05) is 18.7 Å². The van der Waals surface area contributed by atoms with Crippen LogP contribution in [0.4, 0.5) is 0 Å². The summed E-state index contributed by atoms with van der Waals surface area (Å²) < 4.78 is 0. The van der Waals surface area contributed by atoms with Gasteiger partial charge in [0.25, 0.3) is 5.91 Å². The number of hydrogen-bond acceptors (Lipinski definition) is 2. The molecule has 2 rings (SSSR count). The third-order valence-corrected chi connectivity index (χ3v) is 4.60. The van der Waals surface area contributed by atoms with Crippen molar-refractivity contribution < 1.29 is 4.79 Å². The average molecular weight is 298 g/mol. The second-order valence-corrected chi connectivity index (χ2v) is 6.11. The Morgan fingerprint density at radius 1 is 1.32 bits per heavy atom. The summed E-state index contributed by atoms with van der Waals surface area (Å²) in [5.74, 6) is 0.630. The number of carbonyl (C=O) groups is 1. The Hall–Kier alpha value is -0.670. The summed E-state index contributed by atoms with van der Waals surface area (Å²) in [6, 6.07) is 8.23. The number of rotatable bonds is 5. The Morgan fingerprint density at radius 2 is 1.95 bits per heavy atom. The van der Waals surface area contributed by atoms with E-state index in [-0.39, 0.29) is 5.91 Å². The van der Waals surface area contributed by atoms with Gasteiger partial charge in [-0.3, -0.25) is 4.79 Å². The first kappa shape index (κ1) is 14.7. The van der Waals surface area contributed by atoms with Crippen LogP contribution in [-0.2, 0) is 0 Å². The summed E-state index contributed by atoms with van der Waals surface area (Å²) in [4.78, 5) is 15.7. The zero-order valence-electron chi connectivity index (χ0n) is 11.3. The average Bonchev–Trinajstić information content (AvgIpc) is 2.98. The van der Waals surface area contributed by atoms with E-state index in [0.29, 0.717) is 18.5 Å². The molecule has 4 heteroatoms. The van der Waals surface area contributed by atoms with Gasteiger partial charge in [-0.05, 0) is 43.4 Å². The summed E-state index contributed by atoms with van der Waals surface area (Å²) in [5.41, 5.74) is 0.773. The van der Waals surface area contributed by atoms with Crippen molar-refractivity contribution in [1.82, 2.24) is 4.90 Å². The number of carbonyl (C=O) groups excluding carboxylic acids is 1. The minimum Gasteiger partial charge on any atom is -0.334 e. The van der Waals surface area contributed by atoms with Crippen LogP contribution in [-0.4, -0.2) is 35.5 Å². The monoisotopic (exact) mass is 297 g/mol. The molecule has 0 radical (unpaired) electrons. The highest BCUT2D eigenvalue weighted by Crippen LogP contribution is 2.25. The molecule has 0 heterocycles. The second-order valence-electron chi connectivity index (χ2n) is 4.85. The van der Waals surface area contributed by atoms with Crippen LogP contribution in [0.15, 0.2) is 29.2 Å². The van der Waals surface area contributed by atoms with E-state index in [9.17, 15) is 4.79 Å². The highest BCUT2D eigenvalue weighted by Gasteiger charge is 2.26. The van der Waals surface area contributed by atoms with Crippen LogP contribution in [0.1, 0.15) is 36.0 Å². The molecule has 0 saturated heterocycles. The fourth-order valence-electron chi connectivity index (χ4n) is 2.66. The van der Waals surface area contributed by atoms with Gasteiger partial charge >= 0.3 is 0 Å². The normalized spacial score (nSPS) is 15.7. The summed E-state index contributed by atoms with van der Waals surface area (Å²) in [7, 11) is 0. The molecule has 0 N–H and O–H groups in total. The molecule has 1 aliphatic rings. The molecule has 0 spiro atoms. The standard InChI is InChI=1S/C15H20ClNOS/c1-19-14-8-6-12(7-9-14)15(18)17(11-10-16)13-4-2-3-5-13/h6-9,13H,2-5,10-11H2,1H3. The van der Waals surface area contributed by atoms with Gasteiger partial charge in [-0.25, -0.2) is 0 Å². The summed E-state index contributed by atoms with van der Waals surface area (Å²) >= 11 is 7.54. The number of nitrogens with zero attached hydrogens (tertiary/aromatic N) is 1. The van der Waals surface area contributed by atoms with Gasteiger partial charge in [0, 0.05) is 28.9 Å². The molecule has 1 aromatic rings. The predicted octanol–water partition coefficient (Wildman–Crippen LogP) is 4.03. The van der Waals surface area contributed by atoms with Gasteiger partial charge in [0.05, 0.1) is 0 Å². The third kappa shape index (κ3) is 3.67. The van der Waals surface area contributed by atoms with E-state index in [0.717, 1.165) is 18.4 Å². The molecule has 1 saturated carbocycles. The smallest absolute Gasteiger partial charge is 0.254 e. The van der Waals surface area contributed by atoms with Crippen LogP contribution < -0.4 is 0 Å². The number of benzene rings is 1. The van der Waals surface area contributed by atoms with Gasteiger partial charge in [0.1, 0.15) is 0 Å². The number of alkyl halides is 1. The molecule has 1 fully saturated rings. The fraction of sp³-hybridized carbons (Fsp3) is 0.533. The van der Waals surface area contributed by atoms with Gasteiger partial charge in [0.2, 0.25) is 0 Å². The Bertz CT molecular complexity index is 415. The van der Waals surface area contributed by atoms with Crippen LogP contribution in [0.2, 0.25) is 0 Å². The summed E-state index contributed by atoms with van der Waals surface area (Å²) in [5, 5.41) is 0. The van der Waals surface area contributed by atoms with Crippen LogP contribution >= 0.6 is 23.4 Å². The Balaban J connectivity index is 2.12. The Kier molecular flexibility index (Phi) is 5.59. The maximum atomic E-state index is 12.6. The van der Waals surface area contributed by atoms with Gasteiger partial charge in [-0.1, -0.05) is 12.8 Å². The van der Waals surface area contributed by atoms with Crippen molar-refractivity contribution in [3.8, 4) is 0 Å². The minimum atomic E-state index is 0.125. The molecule has 2 nitrogen and oxygen atoms in total. The fourth-order valence-corrected chi connectivity index (χ4v) is 3.25. The van der Waals surface area contributed by atoms with E-state index < -0.39 is 0 Å². The maximum absolute atomic E-state index is 12.6. The first-order valence-electron chi connectivity index (χ1n) is 6.77. The lowest BCUT2D eigenvalue weighted by Gasteiger charge is -2.28. The Morgan fingerprint density at radius 3 is 2.47 bits per heavy atom. The van der Waals surface area contributed by atoms with Crippen molar-refractivity contribution in [3.63, 3.8) is 0 Å². The first-order valence-corrected chi connectivity index (χ1v) is 8.53. The SMILES string of the molecule is CSc1ccc(C(=O)N(CCCl)C2CCCC2)cc1. The molecule has 19 heavy (non-hydrogen) atoms. The largest absolute Gasteiger partial charge is 0.334 e. The minimum absolute atomic E-state index is 0.125. The van der Waals surface area contributed by atoms with Crippen LogP contribution in [0, 0.1) is 0 Å². The number of halogens is 1. The Labute approximate surface area is 124 Å². The van der Waals surface area contributed by atoms with Gasteiger partial charge in [-0.15, -0.1) is 23.4 Å². The number of thioether (sulfide) groups is 1. The van der Waals surface area contributed by atoms with E-state index in [1.165, 1.54) is 17.7 Å². The second kappa shape index (κ2) is 7.20. The summed E-state index contributed by atoms with van der Waals surface area (Å²) in [6.07, 6.45) is 6.72. The first-order chi connectivity index (χ1) is 9.26. The lowest BCUT2D eigenvalue weighted by Crippen LogP contribution is -2.40.